The summed E-state index contributed by atoms with van der Waals surface area (Å²) in [6.45, 7) is 0. The first-order valence-corrected chi connectivity index (χ1v) is 6.54. The summed E-state index contributed by atoms with van der Waals surface area (Å²) in [4.78, 5) is 16.2. The fraction of sp³-hybridized carbons (Fsp3) is 0.133. The molecule has 0 atom stereocenters. The molecule has 2 heterocycles. The van der Waals surface area contributed by atoms with Crippen molar-refractivity contribution >= 4 is 11.6 Å². The zero-order chi connectivity index (χ0) is 15.4. The molecule has 3 rings (SSSR count). The van der Waals surface area contributed by atoms with Crippen molar-refractivity contribution in [2.45, 2.75) is 6.42 Å². The number of hydrogen-bond donors (Lipinski definition) is 1. The maximum absolute atomic E-state index is 12.0. The number of para-hydroxylation sites is 2. The number of benzene rings is 1. The zero-order valence-electron chi connectivity index (χ0n) is 11.8. The summed E-state index contributed by atoms with van der Waals surface area (Å²) in [6, 6.07) is 8.85. The highest BCUT2D eigenvalue weighted by atomic mass is 16.5. The second kappa shape index (κ2) is 6.13. The molecule has 0 saturated heterocycles. The first-order chi connectivity index (χ1) is 10.8. The van der Waals surface area contributed by atoms with E-state index in [1.54, 1.807) is 25.3 Å². The van der Waals surface area contributed by atoms with Gasteiger partial charge in [-0.15, -0.1) is 0 Å². The van der Waals surface area contributed by atoms with E-state index >= 15 is 0 Å². The predicted octanol–water partition coefficient (Wildman–Crippen LogP) is 2.52. The molecule has 0 unspecified atom stereocenters. The van der Waals surface area contributed by atoms with Crippen LogP contribution in [0, 0.1) is 0 Å². The highest BCUT2D eigenvalue weighted by molar-refractivity contribution is 5.93. The number of amides is 1. The number of nitrogens with one attached hydrogen (secondary N) is 1. The molecule has 0 radical (unpaired) electrons. The van der Waals surface area contributed by atoms with Gasteiger partial charge in [0, 0.05) is 0 Å². The summed E-state index contributed by atoms with van der Waals surface area (Å²) in [5, 5.41) is 6.53. The third kappa shape index (κ3) is 2.98. The second-order valence-electron chi connectivity index (χ2n) is 4.45. The molecule has 1 amide bonds. The van der Waals surface area contributed by atoms with E-state index in [1.807, 2.05) is 12.1 Å². The Kier molecular flexibility index (Phi) is 3.86. The Morgan fingerprint density at radius 1 is 1.32 bits per heavy atom. The van der Waals surface area contributed by atoms with Crippen LogP contribution in [0.3, 0.4) is 0 Å². The van der Waals surface area contributed by atoms with Crippen molar-refractivity contribution in [2.24, 2.45) is 0 Å². The summed E-state index contributed by atoms with van der Waals surface area (Å²) in [6.07, 6.45) is 3.00. The molecular formula is C15H13N3O4. The van der Waals surface area contributed by atoms with Gasteiger partial charge in [-0.25, -0.2) is 0 Å². The summed E-state index contributed by atoms with van der Waals surface area (Å²) in [5.41, 5.74) is 1.26. The van der Waals surface area contributed by atoms with Crippen LogP contribution in [-0.4, -0.2) is 23.2 Å². The van der Waals surface area contributed by atoms with Gasteiger partial charge in [0.05, 0.1) is 31.0 Å². The molecule has 22 heavy (non-hydrogen) atoms. The van der Waals surface area contributed by atoms with Crippen LogP contribution >= 0.6 is 0 Å². The maximum atomic E-state index is 12.0. The van der Waals surface area contributed by atoms with Gasteiger partial charge >= 0.3 is 0 Å². The Morgan fingerprint density at radius 3 is 2.95 bits per heavy atom. The molecule has 1 N–H and O–H groups in total. The average molecular weight is 299 g/mol. The lowest BCUT2D eigenvalue weighted by atomic mass is 10.2. The molecule has 0 spiro atoms. The fourth-order valence-corrected chi connectivity index (χ4v) is 1.92. The van der Waals surface area contributed by atoms with E-state index in [1.165, 1.54) is 12.5 Å². The highest BCUT2D eigenvalue weighted by Crippen LogP contribution is 2.23. The number of hydrogen-bond acceptors (Lipinski definition) is 6. The van der Waals surface area contributed by atoms with Crippen LogP contribution in [-0.2, 0) is 11.2 Å². The molecule has 1 aromatic carbocycles. The molecule has 0 saturated carbocycles. The van der Waals surface area contributed by atoms with E-state index in [9.17, 15) is 4.79 Å². The number of rotatable bonds is 5. The standard InChI is InChI=1S/C15H13N3O4/c1-20-12-5-3-2-4-11(12)16-14(19)8-13-17-15(22-18-13)10-6-7-21-9-10/h2-7,9H,8H2,1H3,(H,16,19). The van der Waals surface area contributed by atoms with Gasteiger partial charge < -0.3 is 19.0 Å². The van der Waals surface area contributed by atoms with Crippen LogP contribution < -0.4 is 10.1 Å². The van der Waals surface area contributed by atoms with Gasteiger partial charge in [-0.05, 0) is 18.2 Å². The molecule has 7 heteroatoms. The van der Waals surface area contributed by atoms with E-state index in [0.29, 0.717) is 28.7 Å². The molecule has 0 bridgehead atoms. The molecular weight excluding hydrogens is 286 g/mol. The largest absolute Gasteiger partial charge is 0.495 e. The molecule has 0 aliphatic carbocycles. The Labute approximate surface area is 125 Å². The summed E-state index contributed by atoms with van der Waals surface area (Å²) < 4.78 is 15.2. The maximum Gasteiger partial charge on any atom is 0.261 e. The van der Waals surface area contributed by atoms with Gasteiger partial charge in [0.2, 0.25) is 5.91 Å². The zero-order valence-corrected chi connectivity index (χ0v) is 11.8. The lowest BCUT2D eigenvalue weighted by Gasteiger charge is -2.08. The second-order valence-corrected chi connectivity index (χ2v) is 4.45. The van der Waals surface area contributed by atoms with Crippen LogP contribution in [0.2, 0.25) is 0 Å². The van der Waals surface area contributed by atoms with E-state index in [0.717, 1.165) is 0 Å². The lowest BCUT2D eigenvalue weighted by molar-refractivity contribution is -0.115. The van der Waals surface area contributed by atoms with E-state index in [-0.39, 0.29) is 12.3 Å². The van der Waals surface area contributed by atoms with Gasteiger partial charge in [-0.1, -0.05) is 17.3 Å². The third-order valence-electron chi connectivity index (χ3n) is 2.94. The first-order valence-electron chi connectivity index (χ1n) is 6.54. The Bertz CT molecular complexity index is 765. The SMILES string of the molecule is COc1ccccc1NC(=O)Cc1noc(-c2ccoc2)n1. The first kappa shape index (κ1) is 13.9. The molecule has 3 aromatic rings. The molecule has 0 fully saturated rings. The molecule has 0 aliphatic heterocycles. The van der Waals surface area contributed by atoms with Crippen molar-refractivity contribution in [1.82, 2.24) is 10.1 Å². The topological polar surface area (TPSA) is 90.4 Å². The molecule has 112 valence electrons. The number of nitrogens with zero attached hydrogens (tertiary/aromatic N) is 2. The third-order valence-corrected chi connectivity index (χ3v) is 2.94. The van der Waals surface area contributed by atoms with Gasteiger partial charge in [0.1, 0.15) is 12.0 Å². The molecule has 7 nitrogen and oxygen atoms in total. The monoisotopic (exact) mass is 299 g/mol. The van der Waals surface area contributed by atoms with Gasteiger partial charge in [0.15, 0.2) is 5.82 Å². The Balaban J connectivity index is 1.67. The van der Waals surface area contributed by atoms with Gasteiger partial charge in [-0.2, -0.15) is 4.98 Å². The number of anilines is 1. The lowest BCUT2D eigenvalue weighted by Crippen LogP contribution is -2.15. The minimum Gasteiger partial charge on any atom is -0.495 e. The fourth-order valence-electron chi connectivity index (χ4n) is 1.92. The number of methoxy groups -OCH3 is 1. The van der Waals surface area contributed by atoms with Crippen molar-refractivity contribution in [3.63, 3.8) is 0 Å². The quantitative estimate of drug-likeness (QED) is 0.778. The number of ether oxygens (including phenoxy) is 1. The highest BCUT2D eigenvalue weighted by Gasteiger charge is 2.14. The predicted molar refractivity (Wildman–Crippen MR) is 77.3 cm³/mol. The normalized spacial score (nSPS) is 10.4. The van der Waals surface area contributed by atoms with Crippen molar-refractivity contribution in [3.05, 3.63) is 48.7 Å². The van der Waals surface area contributed by atoms with Crippen LogP contribution in [0.15, 0.2) is 51.8 Å². The van der Waals surface area contributed by atoms with Crippen LogP contribution in [0.4, 0.5) is 5.69 Å². The van der Waals surface area contributed by atoms with Crippen LogP contribution in [0.1, 0.15) is 5.82 Å². The van der Waals surface area contributed by atoms with Gasteiger partial charge in [-0.3, -0.25) is 4.79 Å². The number of carbonyl (C=O) groups excluding carboxylic acids is 1. The van der Waals surface area contributed by atoms with Crippen LogP contribution in [0.5, 0.6) is 5.75 Å². The van der Waals surface area contributed by atoms with E-state index in [2.05, 4.69) is 15.5 Å². The molecule has 2 aromatic heterocycles. The van der Waals surface area contributed by atoms with Crippen molar-refractivity contribution in [3.8, 4) is 17.2 Å². The van der Waals surface area contributed by atoms with Crippen molar-refractivity contribution < 1.29 is 18.5 Å². The smallest absolute Gasteiger partial charge is 0.261 e. The Hall–Kier alpha value is -3.09. The van der Waals surface area contributed by atoms with Crippen molar-refractivity contribution in [1.29, 1.82) is 0 Å². The van der Waals surface area contributed by atoms with Gasteiger partial charge in [0.25, 0.3) is 5.89 Å². The van der Waals surface area contributed by atoms with Crippen LogP contribution in [0.25, 0.3) is 11.5 Å². The summed E-state index contributed by atoms with van der Waals surface area (Å²) in [5.74, 6) is 0.935. The minimum absolute atomic E-state index is 0.000595. The number of furan rings is 1. The summed E-state index contributed by atoms with van der Waals surface area (Å²) in [7, 11) is 1.54. The number of carbonyl (C=O) groups is 1. The molecule has 0 aliphatic rings. The minimum atomic E-state index is -0.260. The van der Waals surface area contributed by atoms with E-state index in [4.69, 9.17) is 13.7 Å². The van der Waals surface area contributed by atoms with E-state index < -0.39 is 0 Å². The summed E-state index contributed by atoms with van der Waals surface area (Å²) >= 11 is 0. The Morgan fingerprint density at radius 2 is 2.18 bits per heavy atom. The number of aromatic nitrogens is 2. The average Bonchev–Trinajstić information content (AvgIpc) is 3.18. The van der Waals surface area contributed by atoms with Crippen molar-refractivity contribution in [2.75, 3.05) is 12.4 Å².